The Kier molecular flexibility index (Phi) is 111. The van der Waals surface area contributed by atoms with Gasteiger partial charge in [0.15, 0.2) is 0 Å². The molecule has 0 saturated carbocycles. The smallest absolute Gasteiger partial charge is 0.346 e. The molecule has 0 atom stereocenters. The molecule has 0 aromatic rings. The van der Waals surface area contributed by atoms with Crippen LogP contribution in [0.25, 0.3) is 0 Å². The zero-order valence-corrected chi connectivity index (χ0v) is 6.24. The molecular weight excluding hydrogens is 84.4 g/mol. The topological polar surface area (TPSA) is 0 Å². The van der Waals surface area contributed by atoms with Crippen molar-refractivity contribution < 1.29 is 0 Å². The summed E-state index contributed by atoms with van der Waals surface area (Å²) in [7, 11) is 0. The predicted molar refractivity (Wildman–Crippen MR) is 32.4 cm³/mol. The first-order valence-electron chi connectivity index (χ1n) is 1.91. The first kappa shape index (κ1) is 15.9. The molecule has 0 radical (unpaired) electrons. The van der Waals surface area contributed by atoms with E-state index in [9.17, 15) is 0 Å². The van der Waals surface area contributed by atoms with Gasteiger partial charge >= 0.3 is 23.1 Å². The van der Waals surface area contributed by atoms with Crippen LogP contribution in [0.5, 0.6) is 0 Å². The van der Waals surface area contributed by atoms with E-state index in [0.717, 1.165) is 6.42 Å². The van der Waals surface area contributed by atoms with Gasteiger partial charge in [0.2, 0.25) is 0 Å². The van der Waals surface area contributed by atoms with E-state index < -0.39 is 0 Å². The minimum atomic E-state index is 0. The molecule has 34 valence electrons. The molecule has 0 fully saturated rings. The molecule has 0 saturated heterocycles. The van der Waals surface area contributed by atoms with Gasteiger partial charge in [-0.2, -0.15) is 13.3 Å². The van der Waals surface area contributed by atoms with Gasteiger partial charge in [-0.15, -0.1) is 0 Å². The fourth-order valence-electron chi connectivity index (χ4n) is 0. The quantitative estimate of drug-likeness (QED) is 0.318. The molecule has 0 bridgehead atoms. The fourth-order valence-corrected chi connectivity index (χ4v) is 0. The second kappa shape index (κ2) is 42.0. The molecule has 0 aliphatic rings. The molecule has 1 heteroatoms. The van der Waals surface area contributed by atoms with E-state index in [-0.39, 0.29) is 23.1 Å². The van der Waals surface area contributed by atoms with E-state index in [2.05, 4.69) is 13.8 Å². The fraction of sp³-hybridized carbons (Fsp3) is 0.600. The summed E-state index contributed by atoms with van der Waals surface area (Å²) in [4.78, 5) is 0. The zero-order valence-electron chi connectivity index (χ0n) is 4.83. The summed E-state index contributed by atoms with van der Waals surface area (Å²) in [6, 6.07) is 0. The molecule has 0 nitrogen and oxygen atoms in total. The van der Waals surface area contributed by atoms with Crippen molar-refractivity contribution in [2.45, 2.75) is 20.3 Å². The Bertz CT molecular complexity index is 3.90. The predicted octanol–water partition coefficient (Wildman–Crippen LogP) is 1.69. The van der Waals surface area contributed by atoms with Gasteiger partial charge in [-0.3, -0.25) is 0 Å². The SMILES string of the molecule is [CH2-]C.[CH2-]CC.[Mg+2]. The summed E-state index contributed by atoms with van der Waals surface area (Å²) in [5.74, 6) is 0. The number of hydrogen-bond acceptors (Lipinski definition) is 0. The Morgan fingerprint density at radius 1 is 1.33 bits per heavy atom. The molecule has 0 aliphatic heterocycles. The van der Waals surface area contributed by atoms with Gasteiger partial charge in [-0.05, 0) is 0 Å². The molecule has 0 heterocycles. The third-order valence-electron chi connectivity index (χ3n) is 0. The molecule has 0 aromatic heterocycles. The Morgan fingerprint density at radius 3 is 1.33 bits per heavy atom. The second-order valence-corrected chi connectivity index (χ2v) is 0.500. The van der Waals surface area contributed by atoms with Crippen molar-refractivity contribution in [3.8, 4) is 0 Å². The first-order chi connectivity index (χ1) is 2.41. The Hall–Kier alpha value is 0.766. The molecule has 0 spiro atoms. The van der Waals surface area contributed by atoms with Crippen molar-refractivity contribution in [1.29, 1.82) is 0 Å². The van der Waals surface area contributed by atoms with Crippen LogP contribution in [0.15, 0.2) is 0 Å². The maximum Gasteiger partial charge on any atom is 2.00 e. The van der Waals surface area contributed by atoms with Crippen LogP contribution in [0.3, 0.4) is 0 Å². The summed E-state index contributed by atoms with van der Waals surface area (Å²) < 4.78 is 0. The van der Waals surface area contributed by atoms with Gasteiger partial charge in [-0.1, -0.05) is 6.92 Å². The van der Waals surface area contributed by atoms with Crippen molar-refractivity contribution in [2.24, 2.45) is 0 Å². The Morgan fingerprint density at radius 2 is 1.33 bits per heavy atom. The molecular formula is C5H12Mg. The molecule has 0 aromatic carbocycles. The van der Waals surface area contributed by atoms with E-state index in [1.807, 2.05) is 6.92 Å². The van der Waals surface area contributed by atoms with Crippen molar-refractivity contribution in [3.05, 3.63) is 13.8 Å². The maximum absolute atomic E-state index is 3.49. The molecule has 0 amide bonds. The van der Waals surface area contributed by atoms with Gasteiger partial charge < -0.3 is 13.8 Å². The molecule has 6 heavy (non-hydrogen) atoms. The van der Waals surface area contributed by atoms with E-state index in [4.69, 9.17) is 0 Å². The molecule has 0 rings (SSSR count). The van der Waals surface area contributed by atoms with Gasteiger partial charge in [0, 0.05) is 0 Å². The van der Waals surface area contributed by atoms with Crippen molar-refractivity contribution >= 4 is 23.1 Å². The summed E-state index contributed by atoms with van der Waals surface area (Å²) in [6.45, 7) is 10.5. The standard InChI is InChI=1S/C3H7.C2H5.Mg/c1-3-2;1-2;/h1,3H2,2H3;1H2,2H3;/q2*-1;+2. The van der Waals surface area contributed by atoms with Crippen LogP contribution in [-0.2, 0) is 0 Å². The van der Waals surface area contributed by atoms with Crippen LogP contribution in [-0.4, -0.2) is 23.1 Å². The van der Waals surface area contributed by atoms with Gasteiger partial charge in [-0.25, -0.2) is 0 Å². The van der Waals surface area contributed by atoms with Crippen LogP contribution in [0, 0.1) is 13.8 Å². The minimum absolute atomic E-state index is 0. The van der Waals surface area contributed by atoms with Crippen LogP contribution in [0.1, 0.15) is 20.3 Å². The third-order valence-corrected chi connectivity index (χ3v) is 0. The van der Waals surface area contributed by atoms with Crippen LogP contribution < -0.4 is 0 Å². The summed E-state index contributed by atoms with van der Waals surface area (Å²) >= 11 is 0. The first-order valence-corrected chi connectivity index (χ1v) is 1.91. The molecule has 0 unspecified atom stereocenters. The molecule has 0 N–H and O–H groups in total. The maximum atomic E-state index is 3.49. The average Bonchev–Trinajstić information content (AvgIpc) is 1.46. The number of rotatable bonds is 0. The van der Waals surface area contributed by atoms with Crippen molar-refractivity contribution in [1.82, 2.24) is 0 Å². The summed E-state index contributed by atoms with van der Waals surface area (Å²) in [5, 5.41) is 0. The Balaban J connectivity index is -0.0000000275. The zero-order chi connectivity index (χ0) is 4.71. The third kappa shape index (κ3) is 115. The van der Waals surface area contributed by atoms with Crippen molar-refractivity contribution in [3.63, 3.8) is 0 Å². The summed E-state index contributed by atoms with van der Waals surface area (Å²) in [5.41, 5.74) is 0. The van der Waals surface area contributed by atoms with E-state index in [0.29, 0.717) is 0 Å². The summed E-state index contributed by atoms with van der Waals surface area (Å²) in [6.07, 6.45) is 1.00. The van der Waals surface area contributed by atoms with E-state index >= 15 is 0 Å². The van der Waals surface area contributed by atoms with E-state index in [1.54, 1.807) is 6.92 Å². The van der Waals surface area contributed by atoms with Gasteiger partial charge in [0.25, 0.3) is 0 Å². The normalized spacial score (nSPS) is 4.00. The minimum Gasteiger partial charge on any atom is -0.346 e. The monoisotopic (exact) mass is 96.1 g/mol. The van der Waals surface area contributed by atoms with Crippen LogP contribution in [0.4, 0.5) is 0 Å². The number of hydrogen-bond donors (Lipinski definition) is 0. The van der Waals surface area contributed by atoms with Crippen LogP contribution in [0.2, 0.25) is 0 Å². The van der Waals surface area contributed by atoms with Crippen LogP contribution >= 0.6 is 0 Å². The van der Waals surface area contributed by atoms with Crippen molar-refractivity contribution in [2.75, 3.05) is 0 Å². The largest absolute Gasteiger partial charge is 2.00 e. The Labute approximate surface area is 57.5 Å². The molecule has 0 aliphatic carbocycles. The van der Waals surface area contributed by atoms with E-state index in [1.165, 1.54) is 0 Å². The average molecular weight is 96.5 g/mol. The second-order valence-electron chi connectivity index (χ2n) is 0.500. The van der Waals surface area contributed by atoms with Gasteiger partial charge in [0.05, 0.1) is 0 Å². The van der Waals surface area contributed by atoms with Gasteiger partial charge in [0.1, 0.15) is 0 Å².